The minimum absolute atomic E-state index is 0.193. The smallest absolute Gasteiger partial charge is 0.338 e. The molecule has 0 amide bonds. The second-order valence-electron chi connectivity index (χ2n) is 5.47. The van der Waals surface area contributed by atoms with Gasteiger partial charge in [-0.3, -0.25) is 0 Å². The largest absolute Gasteiger partial charge is 0.497 e. The number of hydrogen-bond donors (Lipinski definition) is 0. The monoisotopic (exact) mass is 354 g/mol. The van der Waals surface area contributed by atoms with Crippen LogP contribution in [0.2, 0.25) is 0 Å². The van der Waals surface area contributed by atoms with Crippen molar-refractivity contribution in [2.24, 2.45) is 0 Å². The van der Waals surface area contributed by atoms with Gasteiger partial charge in [0.05, 0.1) is 12.7 Å². The van der Waals surface area contributed by atoms with E-state index in [2.05, 4.69) is 10.1 Å². The van der Waals surface area contributed by atoms with E-state index in [0.29, 0.717) is 23.0 Å². The van der Waals surface area contributed by atoms with E-state index in [-0.39, 0.29) is 13.2 Å². The molecular weight excluding hydrogens is 336 g/mol. The van der Waals surface area contributed by atoms with Crippen molar-refractivity contribution < 1.29 is 23.5 Å². The molecule has 26 heavy (non-hydrogen) atoms. The topological polar surface area (TPSA) is 83.7 Å². The quantitative estimate of drug-likeness (QED) is 0.602. The fourth-order valence-electron chi connectivity index (χ4n) is 2.19. The first-order chi connectivity index (χ1) is 12.6. The molecule has 0 aliphatic heterocycles. The highest BCUT2D eigenvalue weighted by atomic mass is 16.5. The van der Waals surface area contributed by atoms with Gasteiger partial charge in [-0.2, -0.15) is 4.98 Å². The highest BCUT2D eigenvalue weighted by molar-refractivity contribution is 5.89. The van der Waals surface area contributed by atoms with Gasteiger partial charge in [-0.15, -0.1) is 0 Å². The molecule has 1 heterocycles. The molecule has 0 fully saturated rings. The highest BCUT2D eigenvalue weighted by Gasteiger charge is 2.09. The molecule has 0 spiro atoms. The lowest BCUT2D eigenvalue weighted by molar-refractivity contribution is 0.0472. The van der Waals surface area contributed by atoms with Crippen LogP contribution in [-0.4, -0.2) is 23.2 Å². The molecule has 0 unspecified atom stereocenters. The average molecular weight is 354 g/mol. The summed E-state index contributed by atoms with van der Waals surface area (Å²) >= 11 is 0. The van der Waals surface area contributed by atoms with Gasteiger partial charge in [-0.05, 0) is 42.0 Å². The molecule has 0 saturated heterocycles. The van der Waals surface area contributed by atoms with E-state index in [9.17, 15) is 4.79 Å². The lowest BCUT2D eigenvalue weighted by Gasteiger charge is -2.07. The van der Waals surface area contributed by atoms with Gasteiger partial charge in [0.2, 0.25) is 11.7 Å². The SMILES string of the molecule is COc1ccc(COC(=O)c2ccc(OCc3noc(C)n3)cc2)cc1. The Morgan fingerprint density at radius 1 is 1.00 bits per heavy atom. The number of benzene rings is 2. The lowest BCUT2D eigenvalue weighted by Crippen LogP contribution is -2.05. The molecule has 0 saturated carbocycles. The Balaban J connectivity index is 1.51. The van der Waals surface area contributed by atoms with Crippen LogP contribution < -0.4 is 9.47 Å². The first-order valence-corrected chi connectivity index (χ1v) is 7.96. The second kappa shape index (κ2) is 8.15. The van der Waals surface area contributed by atoms with Gasteiger partial charge in [0, 0.05) is 6.92 Å². The van der Waals surface area contributed by atoms with Crippen LogP contribution in [0.1, 0.15) is 27.6 Å². The van der Waals surface area contributed by atoms with Crippen molar-refractivity contribution in [3.63, 3.8) is 0 Å². The van der Waals surface area contributed by atoms with Crippen LogP contribution in [0.5, 0.6) is 11.5 Å². The Kier molecular flexibility index (Phi) is 5.48. The van der Waals surface area contributed by atoms with Crippen molar-refractivity contribution >= 4 is 5.97 Å². The third-order valence-corrected chi connectivity index (χ3v) is 3.56. The standard InChI is InChI=1S/C19H18N2O5/c1-13-20-18(21-26-13)12-24-17-9-5-15(6-10-17)19(22)25-11-14-3-7-16(23-2)8-4-14/h3-10H,11-12H2,1-2H3. The Morgan fingerprint density at radius 2 is 1.69 bits per heavy atom. The molecule has 0 radical (unpaired) electrons. The van der Waals surface area contributed by atoms with Crippen molar-refractivity contribution in [3.8, 4) is 11.5 Å². The predicted octanol–water partition coefficient (Wildman–Crippen LogP) is 3.32. The van der Waals surface area contributed by atoms with E-state index in [1.807, 2.05) is 24.3 Å². The number of carbonyl (C=O) groups is 1. The van der Waals surface area contributed by atoms with Crippen LogP contribution in [0.15, 0.2) is 53.1 Å². The number of esters is 1. The van der Waals surface area contributed by atoms with E-state index in [1.54, 1.807) is 38.3 Å². The number of ether oxygens (including phenoxy) is 3. The Bertz CT molecular complexity index is 856. The Hall–Kier alpha value is -3.35. The Morgan fingerprint density at radius 3 is 2.31 bits per heavy atom. The zero-order valence-corrected chi connectivity index (χ0v) is 14.5. The number of aromatic nitrogens is 2. The third-order valence-electron chi connectivity index (χ3n) is 3.56. The fourth-order valence-corrected chi connectivity index (χ4v) is 2.19. The van der Waals surface area contributed by atoms with Crippen LogP contribution in [0.25, 0.3) is 0 Å². The van der Waals surface area contributed by atoms with Crippen LogP contribution in [-0.2, 0) is 18.0 Å². The molecule has 0 N–H and O–H groups in total. The maximum Gasteiger partial charge on any atom is 0.338 e. The molecule has 3 rings (SSSR count). The molecule has 7 nitrogen and oxygen atoms in total. The van der Waals surface area contributed by atoms with Gasteiger partial charge in [0.1, 0.15) is 18.1 Å². The summed E-state index contributed by atoms with van der Waals surface area (Å²) in [6.45, 7) is 2.10. The molecule has 0 aliphatic rings. The average Bonchev–Trinajstić information content (AvgIpc) is 3.10. The van der Waals surface area contributed by atoms with Crippen LogP contribution in [0.4, 0.5) is 0 Å². The minimum atomic E-state index is -0.402. The van der Waals surface area contributed by atoms with E-state index in [0.717, 1.165) is 11.3 Å². The number of nitrogens with zero attached hydrogens (tertiary/aromatic N) is 2. The summed E-state index contributed by atoms with van der Waals surface area (Å²) in [5.41, 5.74) is 1.33. The van der Waals surface area contributed by atoms with E-state index in [1.165, 1.54) is 0 Å². The van der Waals surface area contributed by atoms with E-state index >= 15 is 0 Å². The zero-order chi connectivity index (χ0) is 18.4. The minimum Gasteiger partial charge on any atom is -0.497 e. The van der Waals surface area contributed by atoms with E-state index in [4.69, 9.17) is 18.7 Å². The highest BCUT2D eigenvalue weighted by Crippen LogP contribution is 2.16. The summed E-state index contributed by atoms with van der Waals surface area (Å²) in [6, 6.07) is 14.0. The first kappa shape index (κ1) is 17.5. The fraction of sp³-hybridized carbons (Fsp3) is 0.211. The molecule has 3 aromatic rings. The summed E-state index contributed by atoms with van der Waals surface area (Å²) in [5.74, 6) is 1.90. The second-order valence-corrected chi connectivity index (χ2v) is 5.47. The van der Waals surface area contributed by atoms with Gasteiger partial charge in [0.25, 0.3) is 0 Å². The maximum absolute atomic E-state index is 12.1. The van der Waals surface area contributed by atoms with Gasteiger partial charge in [-0.1, -0.05) is 17.3 Å². The molecule has 1 aromatic heterocycles. The molecular formula is C19H18N2O5. The molecule has 134 valence electrons. The van der Waals surface area contributed by atoms with Gasteiger partial charge < -0.3 is 18.7 Å². The maximum atomic E-state index is 12.1. The molecule has 0 bridgehead atoms. The van der Waals surface area contributed by atoms with Gasteiger partial charge >= 0.3 is 5.97 Å². The lowest BCUT2D eigenvalue weighted by atomic mass is 10.2. The molecule has 0 aliphatic carbocycles. The van der Waals surface area contributed by atoms with Crippen molar-refractivity contribution in [2.75, 3.05) is 7.11 Å². The van der Waals surface area contributed by atoms with Crippen molar-refractivity contribution in [1.29, 1.82) is 0 Å². The number of aryl methyl sites for hydroxylation is 1. The van der Waals surface area contributed by atoms with Gasteiger partial charge in [0.15, 0.2) is 6.61 Å². The number of carbonyl (C=O) groups excluding carboxylic acids is 1. The molecule has 2 aromatic carbocycles. The molecule has 0 atom stereocenters. The first-order valence-electron chi connectivity index (χ1n) is 7.96. The summed E-state index contributed by atoms with van der Waals surface area (Å²) in [7, 11) is 1.60. The van der Waals surface area contributed by atoms with E-state index < -0.39 is 5.97 Å². The third kappa shape index (κ3) is 4.60. The zero-order valence-electron chi connectivity index (χ0n) is 14.5. The van der Waals surface area contributed by atoms with Crippen molar-refractivity contribution in [2.45, 2.75) is 20.1 Å². The van der Waals surface area contributed by atoms with Crippen LogP contribution >= 0.6 is 0 Å². The number of methoxy groups -OCH3 is 1. The Labute approximate surface area is 150 Å². The normalized spacial score (nSPS) is 10.4. The van der Waals surface area contributed by atoms with Crippen molar-refractivity contribution in [1.82, 2.24) is 10.1 Å². The van der Waals surface area contributed by atoms with Gasteiger partial charge in [-0.25, -0.2) is 4.79 Å². The summed E-state index contributed by atoms with van der Waals surface area (Å²) in [4.78, 5) is 16.2. The predicted molar refractivity (Wildman–Crippen MR) is 91.9 cm³/mol. The summed E-state index contributed by atoms with van der Waals surface area (Å²) in [6.07, 6.45) is 0. The molecule has 7 heteroatoms. The van der Waals surface area contributed by atoms with Crippen LogP contribution in [0, 0.1) is 6.92 Å². The van der Waals surface area contributed by atoms with Crippen LogP contribution in [0.3, 0.4) is 0 Å². The number of rotatable bonds is 7. The summed E-state index contributed by atoms with van der Waals surface area (Å²) < 4.78 is 20.8. The van der Waals surface area contributed by atoms with Crippen molar-refractivity contribution in [3.05, 3.63) is 71.4 Å². The number of hydrogen-bond acceptors (Lipinski definition) is 7. The summed E-state index contributed by atoms with van der Waals surface area (Å²) in [5, 5.41) is 3.75.